The molecule has 0 saturated carbocycles. The van der Waals surface area contributed by atoms with Crippen LogP contribution in [0.1, 0.15) is 10.4 Å². The van der Waals surface area contributed by atoms with E-state index in [1.807, 2.05) is 0 Å². The Labute approximate surface area is 131 Å². The molecular formula is C19H12F2O2. The van der Waals surface area contributed by atoms with Crippen LogP contribution in [-0.2, 0) is 0 Å². The first kappa shape index (κ1) is 14.9. The number of halogens is 2. The maximum absolute atomic E-state index is 13.1. The van der Waals surface area contributed by atoms with Gasteiger partial charge in [0.2, 0.25) is 0 Å². The van der Waals surface area contributed by atoms with Crippen LogP contribution < -0.4 is 0 Å². The van der Waals surface area contributed by atoms with Gasteiger partial charge in [0, 0.05) is 0 Å². The van der Waals surface area contributed by atoms with Crippen molar-refractivity contribution in [1.82, 2.24) is 0 Å². The molecule has 2 nitrogen and oxygen atoms in total. The van der Waals surface area contributed by atoms with Crippen molar-refractivity contribution in [3.05, 3.63) is 83.9 Å². The first-order valence-electron chi connectivity index (χ1n) is 6.93. The van der Waals surface area contributed by atoms with Crippen molar-refractivity contribution in [3.8, 4) is 22.3 Å². The van der Waals surface area contributed by atoms with E-state index < -0.39 is 5.97 Å². The number of hydrogen-bond acceptors (Lipinski definition) is 1. The monoisotopic (exact) mass is 310 g/mol. The van der Waals surface area contributed by atoms with Crippen molar-refractivity contribution < 1.29 is 18.7 Å². The lowest BCUT2D eigenvalue weighted by molar-refractivity contribution is 0.0697. The highest BCUT2D eigenvalue weighted by Crippen LogP contribution is 2.28. The Balaban J connectivity index is 2.15. The van der Waals surface area contributed by atoms with Gasteiger partial charge in [0.1, 0.15) is 11.6 Å². The van der Waals surface area contributed by atoms with Crippen LogP contribution in [0.2, 0.25) is 0 Å². The summed E-state index contributed by atoms with van der Waals surface area (Å²) in [5.41, 5.74) is 2.84. The zero-order chi connectivity index (χ0) is 16.4. The topological polar surface area (TPSA) is 37.3 Å². The van der Waals surface area contributed by atoms with E-state index in [9.17, 15) is 18.7 Å². The summed E-state index contributed by atoms with van der Waals surface area (Å²) >= 11 is 0. The maximum atomic E-state index is 13.1. The molecular weight excluding hydrogens is 298 g/mol. The van der Waals surface area contributed by atoms with Gasteiger partial charge in [0.05, 0.1) is 5.56 Å². The highest BCUT2D eigenvalue weighted by molar-refractivity contribution is 5.92. The highest BCUT2D eigenvalue weighted by atomic mass is 19.1. The van der Waals surface area contributed by atoms with Crippen molar-refractivity contribution in [2.24, 2.45) is 0 Å². The number of hydrogen-bond donors (Lipinski definition) is 1. The highest BCUT2D eigenvalue weighted by Gasteiger charge is 2.10. The number of aromatic carboxylic acids is 1. The molecule has 0 amide bonds. The molecule has 0 aliphatic carbocycles. The van der Waals surface area contributed by atoms with E-state index in [0.29, 0.717) is 22.3 Å². The molecule has 0 aliphatic heterocycles. The first-order valence-corrected chi connectivity index (χ1v) is 6.93. The van der Waals surface area contributed by atoms with Gasteiger partial charge < -0.3 is 5.11 Å². The minimum Gasteiger partial charge on any atom is -0.478 e. The van der Waals surface area contributed by atoms with Crippen molar-refractivity contribution in [3.63, 3.8) is 0 Å². The molecule has 1 N–H and O–H groups in total. The Kier molecular flexibility index (Phi) is 3.89. The standard InChI is InChI=1S/C19H12F2O2/c20-17-5-1-12(2-6-17)14-9-15(11-16(10-14)19(22)23)13-3-7-18(21)8-4-13/h1-11H,(H,22,23). The first-order chi connectivity index (χ1) is 11.0. The van der Waals surface area contributed by atoms with E-state index in [-0.39, 0.29) is 17.2 Å². The molecule has 0 unspecified atom stereocenters. The summed E-state index contributed by atoms with van der Waals surface area (Å²) in [5.74, 6) is -1.78. The largest absolute Gasteiger partial charge is 0.478 e. The second-order valence-electron chi connectivity index (χ2n) is 5.12. The van der Waals surface area contributed by atoms with E-state index >= 15 is 0 Å². The molecule has 3 rings (SSSR count). The normalized spacial score (nSPS) is 10.5. The van der Waals surface area contributed by atoms with Gasteiger partial charge in [-0.15, -0.1) is 0 Å². The van der Waals surface area contributed by atoms with Gasteiger partial charge in [-0.25, -0.2) is 13.6 Å². The number of carbonyl (C=O) groups is 1. The number of carboxylic acids is 1. The molecule has 0 bridgehead atoms. The van der Waals surface area contributed by atoms with Crippen LogP contribution in [0.4, 0.5) is 8.78 Å². The minimum atomic E-state index is -1.06. The van der Waals surface area contributed by atoms with Gasteiger partial charge in [-0.1, -0.05) is 24.3 Å². The Morgan fingerprint density at radius 3 is 1.39 bits per heavy atom. The zero-order valence-electron chi connectivity index (χ0n) is 12.0. The molecule has 3 aromatic carbocycles. The van der Waals surface area contributed by atoms with Crippen LogP contribution in [-0.4, -0.2) is 11.1 Å². The molecule has 0 atom stereocenters. The van der Waals surface area contributed by atoms with Crippen molar-refractivity contribution in [1.29, 1.82) is 0 Å². The van der Waals surface area contributed by atoms with Gasteiger partial charge in [0.15, 0.2) is 0 Å². The minimum absolute atomic E-state index is 0.117. The number of carboxylic acid groups (broad SMARTS) is 1. The molecule has 3 aromatic rings. The lowest BCUT2D eigenvalue weighted by Crippen LogP contribution is -1.97. The summed E-state index contributed by atoms with van der Waals surface area (Å²) < 4.78 is 26.1. The molecule has 0 saturated heterocycles. The lowest BCUT2D eigenvalue weighted by Gasteiger charge is -2.09. The third-order valence-electron chi connectivity index (χ3n) is 3.54. The van der Waals surface area contributed by atoms with Crippen molar-refractivity contribution in [2.45, 2.75) is 0 Å². The fourth-order valence-electron chi connectivity index (χ4n) is 2.37. The Hall–Kier alpha value is -3.01. The van der Waals surface area contributed by atoms with E-state index in [1.165, 1.54) is 36.4 Å². The average Bonchev–Trinajstić information content (AvgIpc) is 2.55. The molecule has 0 aromatic heterocycles. The van der Waals surface area contributed by atoms with Crippen LogP contribution in [0.5, 0.6) is 0 Å². The van der Waals surface area contributed by atoms with Crippen LogP contribution >= 0.6 is 0 Å². The fourth-order valence-corrected chi connectivity index (χ4v) is 2.37. The predicted octanol–water partition coefficient (Wildman–Crippen LogP) is 5.00. The van der Waals surface area contributed by atoms with Crippen LogP contribution in [0.25, 0.3) is 22.3 Å². The molecule has 4 heteroatoms. The number of rotatable bonds is 3. The summed E-state index contributed by atoms with van der Waals surface area (Å²) in [6.45, 7) is 0. The SMILES string of the molecule is O=C(O)c1cc(-c2ccc(F)cc2)cc(-c2ccc(F)cc2)c1. The lowest BCUT2D eigenvalue weighted by atomic mass is 9.96. The van der Waals surface area contributed by atoms with Crippen LogP contribution in [0.3, 0.4) is 0 Å². The van der Waals surface area contributed by atoms with Gasteiger partial charge in [-0.05, 0) is 64.7 Å². The molecule has 23 heavy (non-hydrogen) atoms. The van der Waals surface area contributed by atoms with Gasteiger partial charge in [-0.2, -0.15) is 0 Å². The zero-order valence-corrected chi connectivity index (χ0v) is 12.0. The average molecular weight is 310 g/mol. The van der Waals surface area contributed by atoms with Crippen molar-refractivity contribution >= 4 is 5.97 Å². The second-order valence-corrected chi connectivity index (χ2v) is 5.12. The molecule has 0 heterocycles. The second kappa shape index (κ2) is 6.01. The Bertz CT molecular complexity index is 790. The third-order valence-corrected chi connectivity index (χ3v) is 3.54. The van der Waals surface area contributed by atoms with Crippen LogP contribution in [0.15, 0.2) is 66.7 Å². The van der Waals surface area contributed by atoms with Gasteiger partial charge in [0.25, 0.3) is 0 Å². The summed E-state index contributed by atoms with van der Waals surface area (Å²) in [4.78, 5) is 11.4. The summed E-state index contributed by atoms with van der Waals surface area (Å²) in [6, 6.07) is 16.5. The molecule has 0 aliphatic rings. The molecule has 0 fully saturated rings. The quantitative estimate of drug-likeness (QED) is 0.739. The van der Waals surface area contributed by atoms with E-state index in [4.69, 9.17) is 0 Å². The summed E-state index contributed by atoms with van der Waals surface area (Å²) in [6.07, 6.45) is 0. The summed E-state index contributed by atoms with van der Waals surface area (Å²) in [7, 11) is 0. The smallest absolute Gasteiger partial charge is 0.335 e. The predicted molar refractivity (Wildman–Crippen MR) is 84.2 cm³/mol. The van der Waals surface area contributed by atoms with Crippen LogP contribution in [0, 0.1) is 11.6 Å². The van der Waals surface area contributed by atoms with E-state index in [2.05, 4.69) is 0 Å². The third kappa shape index (κ3) is 3.26. The molecule has 114 valence electrons. The molecule has 0 radical (unpaired) electrons. The number of benzene rings is 3. The molecule has 0 spiro atoms. The van der Waals surface area contributed by atoms with Gasteiger partial charge >= 0.3 is 5.97 Å². The van der Waals surface area contributed by atoms with E-state index in [1.54, 1.807) is 30.3 Å². The fraction of sp³-hybridized carbons (Fsp3) is 0. The Morgan fingerprint density at radius 2 is 1.04 bits per heavy atom. The summed E-state index contributed by atoms with van der Waals surface area (Å²) in [5, 5.41) is 9.30. The van der Waals surface area contributed by atoms with Crippen molar-refractivity contribution in [2.75, 3.05) is 0 Å². The maximum Gasteiger partial charge on any atom is 0.335 e. The van der Waals surface area contributed by atoms with Gasteiger partial charge in [-0.3, -0.25) is 0 Å². The van der Waals surface area contributed by atoms with E-state index in [0.717, 1.165) is 0 Å². The Morgan fingerprint density at radius 1 is 0.652 bits per heavy atom.